The molecule has 1 atom stereocenters. The Morgan fingerprint density at radius 3 is 2.81 bits per heavy atom. The quantitative estimate of drug-likeness (QED) is 0.923. The van der Waals surface area contributed by atoms with Gasteiger partial charge in [0.15, 0.2) is 15.3 Å². The number of benzene rings is 1. The molecule has 0 radical (unpaired) electrons. The van der Waals surface area contributed by atoms with Crippen LogP contribution >= 0.6 is 0 Å². The van der Waals surface area contributed by atoms with E-state index >= 15 is 0 Å². The van der Waals surface area contributed by atoms with Crippen molar-refractivity contribution in [2.24, 2.45) is 0 Å². The van der Waals surface area contributed by atoms with Gasteiger partial charge in [0.2, 0.25) is 0 Å². The molecule has 2 heterocycles. The fourth-order valence-corrected chi connectivity index (χ4v) is 4.66. The van der Waals surface area contributed by atoms with E-state index in [1.165, 1.54) is 0 Å². The molecule has 0 saturated carbocycles. The zero-order chi connectivity index (χ0) is 15.0. The number of aromatic nitrogens is 1. The number of hydrogen-bond donors (Lipinski definition) is 1. The lowest BCUT2D eigenvalue weighted by atomic mass is 10.1. The molecule has 1 saturated heterocycles. The summed E-state index contributed by atoms with van der Waals surface area (Å²) in [7, 11) is -0.987. The Bertz CT molecular complexity index is 826. The van der Waals surface area contributed by atoms with E-state index in [9.17, 15) is 13.2 Å². The number of para-hydroxylation sites is 1. The zero-order valence-electron chi connectivity index (χ0n) is 11.9. The SMILES string of the molecule is CN(Cc1cc(=O)c2ccccc2[nH]1)[C@@H]1CCS(=O)(=O)C1. The topological polar surface area (TPSA) is 70.2 Å². The fourth-order valence-electron chi connectivity index (χ4n) is 2.86. The summed E-state index contributed by atoms with van der Waals surface area (Å²) in [6.07, 6.45) is 0.663. The monoisotopic (exact) mass is 306 g/mol. The minimum absolute atomic E-state index is 0.00760. The summed E-state index contributed by atoms with van der Waals surface area (Å²) >= 11 is 0. The van der Waals surface area contributed by atoms with Gasteiger partial charge in [0.25, 0.3) is 0 Å². The van der Waals surface area contributed by atoms with Crippen LogP contribution in [0.3, 0.4) is 0 Å². The second-order valence-corrected chi connectivity index (χ2v) is 7.91. The molecule has 0 aliphatic carbocycles. The average Bonchev–Trinajstić information content (AvgIpc) is 2.79. The Morgan fingerprint density at radius 1 is 1.33 bits per heavy atom. The van der Waals surface area contributed by atoms with Gasteiger partial charge in [-0.15, -0.1) is 0 Å². The van der Waals surface area contributed by atoms with Crippen molar-refractivity contribution in [2.75, 3.05) is 18.6 Å². The highest BCUT2D eigenvalue weighted by Gasteiger charge is 2.30. The van der Waals surface area contributed by atoms with Gasteiger partial charge in [0.1, 0.15) is 0 Å². The van der Waals surface area contributed by atoms with E-state index in [2.05, 4.69) is 4.98 Å². The van der Waals surface area contributed by atoms with Crippen LogP contribution < -0.4 is 5.43 Å². The number of aromatic amines is 1. The normalized spacial score (nSPS) is 21.1. The van der Waals surface area contributed by atoms with Gasteiger partial charge in [0.05, 0.1) is 11.5 Å². The number of nitrogens with zero attached hydrogens (tertiary/aromatic N) is 1. The van der Waals surface area contributed by atoms with Crippen LogP contribution in [-0.4, -0.2) is 42.9 Å². The standard InChI is InChI=1S/C15H18N2O3S/c1-17(12-6-7-21(19,20)10-12)9-11-8-15(18)13-4-2-3-5-14(13)16-11/h2-5,8,12H,6-7,9-10H2,1H3,(H,16,18)/t12-/m1/s1. The van der Waals surface area contributed by atoms with Gasteiger partial charge < -0.3 is 4.98 Å². The van der Waals surface area contributed by atoms with Crippen LogP contribution in [-0.2, 0) is 16.4 Å². The van der Waals surface area contributed by atoms with Crippen molar-refractivity contribution >= 4 is 20.7 Å². The molecular weight excluding hydrogens is 288 g/mol. The molecule has 3 rings (SSSR count). The Balaban J connectivity index is 1.83. The maximum atomic E-state index is 12.1. The van der Waals surface area contributed by atoms with Crippen LogP contribution in [0.2, 0.25) is 0 Å². The second-order valence-electron chi connectivity index (χ2n) is 5.68. The smallest absolute Gasteiger partial charge is 0.189 e. The number of sulfone groups is 1. The van der Waals surface area contributed by atoms with Crippen molar-refractivity contribution in [3.05, 3.63) is 46.2 Å². The second kappa shape index (κ2) is 5.27. The lowest BCUT2D eigenvalue weighted by Crippen LogP contribution is -2.32. The molecule has 21 heavy (non-hydrogen) atoms. The Labute approximate surface area is 123 Å². The van der Waals surface area contributed by atoms with E-state index in [4.69, 9.17) is 0 Å². The Kier molecular flexibility index (Phi) is 3.59. The predicted octanol–water partition coefficient (Wildman–Crippen LogP) is 1.15. The molecule has 6 heteroatoms. The first kappa shape index (κ1) is 14.3. The van der Waals surface area contributed by atoms with Crippen LogP contribution in [0.25, 0.3) is 10.9 Å². The van der Waals surface area contributed by atoms with Crippen molar-refractivity contribution in [3.63, 3.8) is 0 Å². The number of pyridine rings is 1. The molecule has 2 aromatic rings. The molecule has 112 valence electrons. The summed E-state index contributed by atoms with van der Waals surface area (Å²) < 4.78 is 23.1. The number of H-pyrrole nitrogens is 1. The third kappa shape index (κ3) is 3.01. The summed E-state index contributed by atoms with van der Waals surface area (Å²) in [5.41, 5.74) is 1.62. The van der Waals surface area contributed by atoms with E-state index in [1.807, 2.05) is 30.1 Å². The molecule has 1 N–H and O–H groups in total. The zero-order valence-corrected chi connectivity index (χ0v) is 12.7. The number of hydrogen-bond acceptors (Lipinski definition) is 4. The number of nitrogens with one attached hydrogen (secondary N) is 1. The predicted molar refractivity (Wildman–Crippen MR) is 83.1 cm³/mol. The van der Waals surface area contributed by atoms with Crippen molar-refractivity contribution in [1.29, 1.82) is 0 Å². The van der Waals surface area contributed by atoms with Gasteiger partial charge in [-0.05, 0) is 25.6 Å². The minimum atomic E-state index is -2.89. The van der Waals surface area contributed by atoms with Gasteiger partial charge in [-0.3, -0.25) is 9.69 Å². The van der Waals surface area contributed by atoms with Crippen LogP contribution in [0.5, 0.6) is 0 Å². The summed E-state index contributed by atoms with van der Waals surface area (Å²) in [5, 5.41) is 0.673. The molecule has 1 aliphatic heterocycles. The van der Waals surface area contributed by atoms with E-state index in [-0.39, 0.29) is 23.0 Å². The lowest BCUT2D eigenvalue weighted by molar-refractivity contribution is 0.251. The molecule has 1 fully saturated rings. The van der Waals surface area contributed by atoms with Gasteiger partial charge in [-0.2, -0.15) is 0 Å². The average molecular weight is 306 g/mol. The van der Waals surface area contributed by atoms with Crippen molar-refractivity contribution in [2.45, 2.75) is 19.0 Å². The molecular formula is C15H18N2O3S. The maximum Gasteiger partial charge on any atom is 0.189 e. The Hall–Kier alpha value is -1.66. The molecule has 1 aromatic heterocycles. The van der Waals surface area contributed by atoms with Gasteiger partial charge in [-0.1, -0.05) is 12.1 Å². The molecule has 5 nitrogen and oxygen atoms in total. The van der Waals surface area contributed by atoms with E-state index in [0.717, 1.165) is 11.2 Å². The summed E-state index contributed by atoms with van der Waals surface area (Å²) in [6.45, 7) is 0.542. The highest BCUT2D eigenvalue weighted by molar-refractivity contribution is 7.91. The highest BCUT2D eigenvalue weighted by Crippen LogP contribution is 2.18. The third-order valence-corrected chi connectivity index (χ3v) is 5.79. The summed E-state index contributed by atoms with van der Waals surface area (Å²) in [5.74, 6) is 0.470. The maximum absolute atomic E-state index is 12.1. The third-order valence-electron chi connectivity index (χ3n) is 4.04. The Morgan fingerprint density at radius 2 is 2.10 bits per heavy atom. The first-order chi connectivity index (χ1) is 9.94. The van der Waals surface area contributed by atoms with Crippen LogP contribution in [0, 0.1) is 0 Å². The summed E-state index contributed by atoms with van der Waals surface area (Å²) in [4.78, 5) is 17.3. The van der Waals surface area contributed by atoms with Gasteiger partial charge in [0, 0.05) is 35.2 Å². The fraction of sp³-hybridized carbons (Fsp3) is 0.400. The molecule has 1 aliphatic rings. The first-order valence-electron chi connectivity index (χ1n) is 6.96. The van der Waals surface area contributed by atoms with Crippen LogP contribution in [0.1, 0.15) is 12.1 Å². The van der Waals surface area contributed by atoms with Crippen molar-refractivity contribution in [1.82, 2.24) is 9.88 Å². The van der Waals surface area contributed by atoms with Crippen molar-refractivity contribution in [3.8, 4) is 0 Å². The van der Waals surface area contributed by atoms with Crippen molar-refractivity contribution < 1.29 is 8.42 Å². The van der Waals surface area contributed by atoms with E-state index in [0.29, 0.717) is 18.4 Å². The molecule has 1 aromatic carbocycles. The number of fused-ring (bicyclic) bond motifs is 1. The minimum Gasteiger partial charge on any atom is -0.357 e. The molecule has 0 amide bonds. The largest absolute Gasteiger partial charge is 0.357 e. The van der Waals surface area contributed by atoms with Crippen LogP contribution in [0.4, 0.5) is 0 Å². The molecule has 0 unspecified atom stereocenters. The van der Waals surface area contributed by atoms with E-state index < -0.39 is 9.84 Å². The number of rotatable bonds is 3. The molecule has 0 spiro atoms. The van der Waals surface area contributed by atoms with Gasteiger partial charge in [-0.25, -0.2) is 8.42 Å². The highest BCUT2D eigenvalue weighted by atomic mass is 32.2. The first-order valence-corrected chi connectivity index (χ1v) is 8.78. The van der Waals surface area contributed by atoms with Crippen LogP contribution in [0.15, 0.2) is 35.1 Å². The van der Waals surface area contributed by atoms with E-state index in [1.54, 1.807) is 12.1 Å². The van der Waals surface area contributed by atoms with Gasteiger partial charge >= 0.3 is 0 Å². The summed E-state index contributed by atoms with van der Waals surface area (Å²) in [6, 6.07) is 9.03. The molecule has 0 bridgehead atoms. The lowest BCUT2D eigenvalue weighted by Gasteiger charge is -2.22.